The zero-order valence-electron chi connectivity index (χ0n) is 15.0. The Bertz CT molecular complexity index is 808. The minimum Gasteiger partial charge on any atom is -0.221 e. The summed E-state index contributed by atoms with van der Waals surface area (Å²) in [6.07, 6.45) is 2.03. The molecule has 0 fully saturated rings. The summed E-state index contributed by atoms with van der Waals surface area (Å²) in [6, 6.07) is 9.03. The zero-order chi connectivity index (χ0) is 16.7. The number of hydrogen-bond donors (Lipinski definition) is 0. The quantitative estimate of drug-likeness (QED) is 0.714. The van der Waals surface area contributed by atoms with Gasteiger partial charge in [-0.2, -0.15) is 4.58 Å². The third kappa shape index (κ3) is 2.74. The molecule has 118 valence electrons. The molecule has 0 aromatic heterocycles. The molecule has 0 aliphatic carbocycles. The Morgan fingerprint density at radius 3 is 1.74 bits per heavy atom. The van der Waals surface area contributed by atoms with Crippen LogP contribution in [0.25, 0.3) is 0 Å². The van der Waals surface area contributed by atoms with Gasteiger partial charge in [0.1, 0.15) is 6.21 Å². The molecule has 0 bridgehead atoms. The third-order valence-electron chi connectivity index (χ3n) is 4.57. The number of nitrogens with zero attached hydrogens (tertiary/aromatic N) is 2. The van der Waals surface area contributed by atoms with Crippen molar-refractivity contribution in [1.82, 2.24) is 0 Å². The summed E-state index contributed by atoms with van der Waals surface area (Å²) < 4.78 is 2.36. The fourth-order valence-electron chi connectivity index (χ4n) is 3.93. The smallest absolute Gasteiger partial charge is 0.221 e. The average Bonchev–Trinajstić information content (AvgIpc) is 2.85. The van der Waals surface area contributed by atoms with Crippen LogP contribution in [-0.2, 0) is 0 Å². The number of aliphatic imine (C=N–C) groups is 1. The molecule has 1 aliphatic heterocycles. The maximum Gasteiger partial charge on any atom is 0.242 e. The Morgan fingerprint density at radius 2 is 1.22 bits per heavy atom. The van der Waals surface area contributed by atoms with Crippen molar-refractivity contribution in [2.75, 3.05) is 6.67 Å². The maximum absolute atomic E-state index is 4.57. The fraction of sp³-hybridized carbons (Fsp3) is 0.333. The van der Waals surface area contributed by atoms with E-state index in [-0.39, 0.29) is 0 Å². The van der Waals surface area contributed by atoms with Crippen molar-refractivity contribution in [3.8, 4) is 0 Å². The van der Waals surface area contributed by atoms with Crippen LogP contribution in [0.2, 0.25) is 0 Å². The van der Waals surface area contributed by atoms with E-state index in [1.54, 1.807) is 0 Å². The molecule has 0 unspecified atom stereocenters. The Hall–Kier alpha value is -2.22. The maximum atomic E-state index is 4.57. The standard InChI is InChI=1S/C21H25N2/c1-13-7-15(3)20(16(4)8-13)19-11-22-12-23(19)21-17(5)9-14(2)10-18(21)6/h7-11H,12H2,1-6H3/q+1. The van der Waals surface area contributed by atoms with E-state index in [2.05, 4.69) is 75.4 Å². The first-order chi connectivity index (χ1) is 10.9. The predicted octanol–water partition coefficient (Wildman–Crippen LogP) is 4.71. The molecular formula is C21H25N2+. The second kappa shape index (κ2) is 5.77. The number of aryl methyl sites for hydroxylation is 6. The molecule has 23 heavy (non-hydrogen) atoms. The van der Waals surface area contributed by atoms with Crippen LogP contribution in [-0.4, -0.2) is 23.2 Å². The molecule has 1 aliphatic rings. The normalized spacial score (nSPS) is 14.0. The number of hydrogen-bond acceptors (Lipinski definition) is 1. The number of benzene rings is 2. The largest absolute Gasteiger partial charge is 0.242 e. The van der Waals surface area contributed by atoms with Gasteiger partial charge in [-0.15, -0.1) is 0 Å². The van der Waals surface area contributed by atoms with Crippen LogP contribution in [0.3, 0.4) is 0 Å². The highest BCUT2D eigenvalue weighted by molar-refractivity contribution is 6.37. The van der Waals surface area contributed by atoms with E-state index >= 15 is 0 Å². The van der Waals surface area contributed by atoms with Crippen molar-refractivity contribution in [2.24, 2.45) is 4.99 Å². The van der Waals surface area contributed by atoms with Crippen molar-refractivity contribution in [3.05, 3.63) is 63.2 Å². The van der Waals surface area contributed by atoms with Crippen molar-refractivity contribution in [2.45, 2.75) is 41.5 Å². The lowest BCUT2D eigenvalue weighted by Crippen LogP contribution is -2.18. The highest BCUT2D eigenvalue weighted by Gasteiger charge is 2.27. The Kier molecular flexibility index (Phi) is 3.93. The number of rotatable bonds is 2. The van der Waals surface area contributed by atoms with E-state index in [1.807, 2.05) is 6.21 Å². The van der Waals surface area contributed by atoms with Gasteiger partial charge in [0.2, 0.25) is 18.1 Å². The molecule has 0 N–H and O–H groups in total. The van der Waals surface area contributed by atoms with Gasteiger partial charge in [-0.1, -0.05) is 23.3 Å². The van der Waals surface area contributed by atoms with Crippen molar-refractivity contribution in [3.63, 3.8) is 0 Å². The van der Waals surface area contributed by atoms with Gasteiger partial charge in [-0.3, -0.25) is 0 Å². The highest BCUT2D eigenvalue weighted by atomic mass is 15.1. The lowest BCUT2D eigenvalue weighted by Gasteiger charge is -2.12. The van der Waals surface area contributed by atoms with Crippen molar-refractivity contribution in [1.29, 1.82) is 0 Å². The van der Waals surface area contributed by atoms with Crippen LogP contribution < -0.4 is 0 Å². The summed E-state index contributed by atoms with van der Waals surface area (Å²) in [7, 11) is 0. The Balaban J connectivity index is 2.27. The first-order valence-electron chi connectivity index (χ1n) is 8.19. The van der Waals surface area contributed by atoms with Gasteiger partial charge in [0, 0.05) is 11.1 Å². The lowest BCUT2D eigenvalue weighted by molar-refractivity contribution is -0.432. The fourth-order valence-corrected chi connectivity index (χ4v) is 3.93. The van der Waals surface area contributed by atoms with E-state index in [0.29, 0.717) is 6.67 Å². The van der Waals surface area contributed by atoms with Crippen LogP contribution in [0.1, 0.15) is 38.9 Å². The van der Waals surface area contributed by atoms with Gasteiger partial charge in [0.25, 0.3) is 0 Å². The molecule has 0 amide bonds. The highest BCUT2D eigenvalue weighted by Crippen LogP contribution is 2.28. The van der Waals surface area contributed by atoms with Crippen LogP contribution in [0.15, 0.2) is 29.3 Å². The predicted molar refractivity (Wildman–Crippen MR) is 98.7 cm³/mol. The summed E-state index contributed by atoms with van der Waals surface area (Å²) in [5, 5.41) is 0. The summed E-state index contributed by atoms with van der Waals surface area (Å²) in [5.41, 5.74) is 11.7. The molecule has 2 heteroatoms. The van der Waals surface area contributed by atoms with E-state index < -0.39 is 0 Å². The first kappa shape index (κ1) is 15.7. The SMILES string of the molecule is Cc1cc(C)c(C2=[N+](c3c(C)cc(C)cc3C)CN=C2)c(C)c1. The van der Waals surface area contributed by atoms with Crippen LogP contribution in [0.5, 0.6) is 0 Å². The van der Waals surface area contributed by atoms with Crippen LogP contribution in [0.4, 0.5) is 5.69 Å². The van der Waals surface area contributed by atoms with E-state index in [9.17, 15) is 0 Å². The molecule has 0 saturated carbocycles. The second-order valence-corrected chi connectivity index (χ2v) is 6.79. The van der Waals surface area contributed by atoms with Crippen LogP contribution >= 0.6 is 0 Å². The molecule has 3 rings (SSSR count). The summed E-state index contributed by atoms with van der Waals surface area (Å²) >= 11 is 0. The molecular weight excluding hydrogens is 280 g/mol. The van der Waals surface area contributed by atoms with Gasteiger partial charge >= 0.3 is 0 Å². The second-order valence-electron chi connectivity index (χ2n) is 6.79. The molecule has 0 atom stereocenters. The van der Waals surface area contributed by atoms with Gasteiger partial charge in [-0.05, 0) is 64.8 Å². The minimum atomic E-state index is 0.701. The monoisotopic (exact) mass is 305 g/mol. The van der Waals surface area contributed by atoms with E-state index in [0.717, 1.165) is 0 Å². The molecule has 0 spiro atoms. The van der Waals surface area contributed by atoms with Gasteiger partial charge < -0.3 is 0 Å². The summed E-state index contributed by atoms with van der Waals surface area (Å²) in [4.78, 5) is 4.57. The topological polar surface area (TPSA) is 15.4 Å². The van der Waals surface area contributed by atoms with E-state index in [4.69, 9.17) is 0 Å². The molecule has 2 nitrogen and oxygen atoms in total. The Labute approximate surface area is 139 Å². The molecule has 2 aromatic rings. The molecule has 0 radical (unpaired) electrons. The van der Waals surface area contributed by atoms with Crippen molar-refractivity contribution >= 4 is 17.6 Å². The summed E-state index contributed by atoms with van der Waals surface area (Å²) in [5.74, 6) is 0. The molecule has 0 saturated heterocycles. The third-order valence-corrected chi connectivity index (χ3v) is 4.57. The average molecular weight is 305 g/mol. The first-order valence-corrected chi connectivity index (χ1v) is 8.19. The Morgan fingerprint density at radius 1 is 0.739 bits per heavy atom. The minimum absolute atomic E-state index is 0.701. The van der Waals surface area contributed by atoms with E-state index in [1.165, 1.54) is 50.3 Å². The molecule has 1 heterocycles. The van der Waals surface area contributed by atoms with Crippen LogP contribution in [0, 0.1) is 41.5 Å². The molecule has 2 aromatic carbocycles. The lowest BCUT2D eigenvalue weighted by atomic mass is 9.96. The van der Waals surface area contributed by atoms with Gasteiger partial charge in [0.05, 0.1) is 5.56 Å². The summed E-state index contributed by atoms with van der Waals surface area (Å²) in [6.45, 7) is 13.8. The van der Waals surface area contributed by atoms with Crippen molar-refractivity contribution < 1.29 is 4.58 Å². The zero-order valence-corrected chi connectivity index (χ0v) is 15.0. The van der Waals surface area contributed by atoms with Gasteiger partial charge in [0.15, 0.2) is 0 Å². The van der Waals surface area contributed by atoms with Gasteiger partial charge in [-0.25, -0.2) is 4.99 Å².